The van der Waals surface area contributed by atoms with Crippen LogP contribution in [0.15, 0.2) is 0 Å². The average molecular weight is 212 g/mol. The van der Waals surface area contributed by atoms with Crippen molar-refractivity contribution in [3.63, 3.8) is 0 Å². The molecule has 0 aliphatic heterocycles. The lowest BCUT2D eigenvalue weighted by Gasteiger charge is -1.99. The van der Waals surface area contributed by atoms with Gasteiger partial charge in [0.2, 0.25) is 0 Å². The highest BCUT2D eigenvalue weighted by Gasteiger charge is 2.06. The number of carbonyl (C=O) groups is 3. The van der Waals surface area contributed by atoms with Crippen molar-refractivity contribution in [2.24, 2.45) is 0 Å². The van der Waals surface area contributed by atoms with Crippen molar-refractivity contribution >= 4 is 17.3 Å². The van der Waals surface area contributed by atoms with Crippen LogP contribution in [-0.4, -0.2) is 17.3 Å². The summed E-state index contributed by atoms with van der Waals surface area (Å²) in [6, 6.07) is 0. The average Bonchev–Trinajstić information content (AvgIpc) is 2.16. The second kappa shape index (κ2) is 8.33. The maximum atomic E-state index is 11.2. The van der Waals surface area contributed by atoms with Gasteiger partial charge in [-0.15, -0.1) is 0 Å². The van der Waals surface area contributed by atoms with Gasteiger partial charge < -0.3 is 4.79 Å². The first-order chi connectivity index (χ1) is 7.06. The summed E-state index contributed by atoms with van der Waals surface area (Å²) in [6.45, 7) is 3.34. The van der Waals surface area contributed by atoms with E-state index in [2.05, 4.69) is 0 Å². The van der Waals surface area contributed by atoms with Crippen molar-refractivity contribution in [1.82, 2.24) is 0 Å². The number of Topliss-reactive ketones (excluding diaryl/α,β-unsaturated/α-hetero) is 3. The van der Waals surface area contributed by atoms with Crippen molar-refractivity contribution in [3.8, 4) is 0 Å². The van der Waals surface area contributed by atoms with Crippen LogP contribution in [0.2, 0.25) is 0 Å². The van der Waals surface area contributed by atoms with Gasteiger partial charge in [-0.3, -0.25) is 9.59 Å². The molecule has 0 N–H and O–H groups in total. The minimum absolute atomic E-state index is 0.0173. The molecule has 0 bridgehead atoms. The predicted octanol–water partition coefficient (Wildman–Crippen LogP) is 2.46. The van der Waals surface area contributed by atoms with E-state index in [1.165, 1.54) is 0 Å². The number of ketones is 3. The van der Waals surface area contributed by atoms with Crippen molar-refractivity contribution in [1.29, 1.82) is 0 Å². The second-order valence-electron chi connectivity index (χ2n) is 3.87. The maximum absolute atomic E-state index is 11.2. The zero-order chi connectivity index (χ0) is 11.7. The molecule has 0 amide bonds. The molecule has 15 heavy (non-hydrogen) atoms. The van der Waals surface area contributed by atoms with Crippen LogP contribution in [0, 0.1) is 0 Å². The lowest BCUT2D eigenvalue weighted by Crippen LogP contribution is -2.06. The number of hydrogen-bond acceptors (Lipinski definition) is 3. The normalized spacial score (nSPS) is 10.0. The monoisotopic (exact) mass is 212 g/mol. The lowest BCUT2D eigenvalue weighted by molar-refractivity contribution is -0.126. The summed E-state index contributed by atoms with van der Waals surface area (Å²) in [6.07, 6.45) is 4.14. The van der Waals surface area contributed by atoms with Crippen LogP contribution in [0.1, 0.15) is 58.8 Å². The van der Waals surface area contributed by atoms with E-state index in [1.807, 2.05) is 0 Å². The van der Waals surface area contributed by atoms with Crippen LogP contribution in [-0.2, 0) is 14.4 Å². The molecule has 0 fully saturated rings. The quantitative estimate of drug-likeness (QED) is 0.436. The molecule has 3 nitrogen and oxygen atoms in total. The smallest absolute Gasteiger partial charge is 0.140 e. The molecular weight excluding hydrogens is 192 g/mol. The molecule has 3 heteroatoms. The second-order valence-corrected chi connectivity index (χ2v) is 3.87. The van der Waals surface area contributed by atoms with Crippen LogP contribution in [0.5, 0.6) is 0 Å². The lowest BCUT2D eigenvalue weighted by atomic mass is 10.0. The van der Waals surface area contributed by atoms with Crippen LogP contribution in [0.3, 0.4) is 0 Å². The van der Waals surface area contributed by atoms with Gasteiger partial charge in [-0.2, -0.15) is 0 Å². The summed E-state index contributed by atoms with van der Waals surface area (Å²) in [4.78, 5) is 32.8. The Balaban J connectivity index is 3.39. The topological polar surface area (TPSA) is 51.2 Å². The molecule has 0 heterocycles. The van der Waals surface area contributed by atoms with E-state index in [4.69, 9.17) is 0 Å². The van der Waals surface area contributed by atoms with Gasteiger partial charge in [-0.05, 0) is 19.8 Å². The Morgan fingerprint density at radius 1 is 0.867 bits per heavy atom. The molecule has 0 spiro atoms. The molecule has 0 radical (unpaired) electrons. The maximum Gasteiger partial charge on any atom is 0.140 e. The fraction of sp³-hybridized carbons (Fsp3) is 0.750. The first kappa shape index (κ1) is 14.0. The zero-order valence-electron chi connectivity index (χ0n) is 9.67. The number of rotatable bonds is 9. The Morgan fingerprint density at radius 3 is 2.00 bits per heavy atom. The molecule has 0 saturated heterocycles. The summed E-state index contributed by atoms with van der Waals surface area (Å²) in [5, 5.41) is 0. The first-order valence-corrected chi connectivity index (χ1v) is 5.59. The van der Waals surface area contributed by atoms with E-state index in [-0.39, 0.29) is 23.8 Å². The van der Waals surface area contributed by atoms with E-state index in [9.17, 15) is 14.4 Å². The van der Waals surface area contributed by atoms with Gasteiger partial charge in [0.05, 0.1) is 6.42 Å². The molecule has 0 aromatic carbocycles. The molecule has 86 valence electrons. The molecule has 0 rings (SSSR count). The van der Waals surface area contributed by atoms with E-state index in [1.54, 1.807) is 13.8 Å². The highest BCUT2D eigenvalue weighted by atomic mass is 16.1. The third kappa shape index (κ3) is 9.32. The first-order valence-electron chi connectivity index (χ1n) is 5.59. The number of unbranched alkanes of at least 4 members (excludes halogenated alkanes) is 2. The van der Waals surface area contributed by atoms with E-state index in [0.29, 0.717) is 19.3 Å². The van der Waals surface area contributed by atoms with E-state index < -0.39 is 0 Å². The summed E-state index contributed by atoms with van der Waals surface area (Å²) < 4.78 is 0. The van der Waals surface area contributed by atoms with Crippen LogP contribution < -0.4 is 0 Å². The third-order valence-electron chi connectivity index (χ3n) is 2.27. The van der Waals surface area contributed by atoms with Crippen molar-refractivity contribution in [2.45, 2.75) is 58.8 Å². The number of carbonyl (C=O) groups excluding carboxylic acids is 3. The van der Waals surface area contributed by atoms with Gasteiger partial charge in [0.25, 0.3) is 0 Å². The molecule has 0 aromatic heterocycles. The van der Waals surface area contributed by atoms with Gasteiger partial charge in [-0.25, -0.2) is 0 Å². The number of hydrogen-bond donors (Lipinski definition) is 0. The van der Waals surface area contributed by atoms with Gasteiger partial charge in [-0.1, -0.05) is 13.3 Å². The van der Waals surface area contributed by atoms with Gasteiger partial charge in [0.15, 0.2) is 0 Å². The minimum atomic E-state index is 0.0173. The fourth-order valence-electron chi connectivity index (χ4n) is 1.31. The van der Waals surface area contributed by atoms with Gasteiger partial charge in [0, 0.05) is 19.3 Å². The van der Waals surface area contributed by atoms with Crippen LogP contribution >= 0.6 is 0 Å². The SMILES string of the molecule is CCC(=O)CC(=O)CCCCCC(C)=O. The van der Waals surface area contributed by atoms with E-state index >= 15 is 0 Å². The Kier molecular flexibility index (Phi) is 7.78. The minimum Gasteiger partial charge on any atom is -0.300 e. The van der Waals surface area contributed by atoms with E-state index in [0.717, 1.165) is 19.3 Å². The standard InChI is InChI=1S/C12H20O3/c1-3-11(14)9-12(15)8-6-4-5-7-10(2)13/h3-9H2,1-2H3. The van der Waals surface area contributed by atoms with Crippen molar-refractivity contribution < 1.29 is 14.4 Å². The largest absolute Gasteiger partial charge is 0.300 e. The molecule has 0 aliphatic rings. The summed E-state index contributed by atoms with van der Waals surface area (Å²) in [7, 11) is 0. The van der Waals surface area contributed by atoms with Crippen LogP contribution in [0.25, 0.3) is 0 Å². The summed E-state index contributed by atoms with van der Waals surface area (Å²) in [5.74, 6) is 0.246. The molecule has 0 atom stereocenters. The van der Waals surface area contributed by atoms with Gasteiger partial charge in [0.1, 0.15) is 17.3 Å². The van der Waals surface area contributed by atoms with Crippen molar-refractivity contribution in [3.05, 3.63) is 0 Å². The third-order valence-corrected chi connectivity index (χ3v) is 2.27. The summed E-state index contributed by atoms with van der Waals surface area (Å²) in [5.41, 5.74) is 0. The fourth-order valence-corrected chi connectivity index (χ4v) is 1.31. The Bertz CT molecular complexity index is 231. The molecular formula is C12H20O3. The Hall–Kier alpha value is -0.990. The molecule has 0 aliphatic carbocycles. The predicted molar refractivity (Wildman–Crippen MR) is 58.7 cm³/mol. The highest BCUT2D eigenvalue weighted by Crippen LogP contribution is 2.06. The zero-order valence-corrected chi connectivity index (χ0v) is 9.67. The summed E-state index contributed by atoms with van der Waals surface area (Å²) >= 11 is 0. The van der Waals surface area contributed by atoms with Crippen molar-refractivity contribution in [2.75, 3.05) is 0 Å². The van der Waals surface area contributed by atoms with Gasteiger partial charge >= 0.3 is 0 Å². The van der Waals surface area contributed by atoms with Crippen LogP contribution in [0.4, 0.5) is 0 Å². The molecule has 0 aromatic rings. The highest BCUT2D eigenvalue weighted by molar-refractivity contribution is 5.98. The Morgan fingerprint density at radius 2 is 1.47 bits per heavy atom. The Labute approximate surface area is 91.2 Å². The molecule has 0 saturated carbocycles. The molecule has 0 unspecified atom stereocenters.